The number of carbonyl (C=O) groups is 1. The zero-order valence-electron chi connectivity index (χ0n) is 15.8. The normalized spacial score (nSPS) is 11.4. The first-order valence-electron chi connectivity index (χ1n) is 8.82. The highest BCUT2D eigenvalue weighted by Gasteiger charge is 2.15. The number of aryl methyl sites for hydroxylation is 2. The number of para-hydroxylation sites is 1. The highest BCUT2D eigenvalue weighted by Crippen LogP contribution is 2.25. The van der Waals surface area contributed by atoms with Crippen LogP contribution in [-0.2, 0) is 7.05 Å². The Morgan fingerprint density at radius 2 is 2.04 bits per heavy atom. The van der Waals surface area contributed by atoms with E-state index in [-0.39, 0.29) is 5.91 Å². The van der Waals surface area contributed by atoms with Crippen molar-refractivity contribution in [3.05, 3.63) is 71.2 Å². The van der Waals surface area contributed by atoms with Crippen molar-refractivity contribution in [2.45, 2.75) is 13.8 Å². The summed E-state index contributed by atoms with van der Waals surface area (Å²) in [5.41, 5.74) is 7.12. The lowest BCUT2D eigenvalue weighted by Gasteiger charge is -2.07. The molecule has 0 saturated heterocycles. The van der Waals surface area contributed by atoms with E-state index < -0.39 is 0 Å². The zero-order valence-corrected chi connectivity index (χ0v) is 15.8. The van der Waals surface area contributed by atoms with Crippen molar-refractivity contribution in [3.63, 3.8) is 0 Å². The van der Waals surface area contributed by atoms with Gasteiger partial charge in [-0.1, -0.05) is 18.2 Å². The summed E-state index contributed by atoms with van der Waals surface area (Å²) in [5.74, 6) is 0.284. The highest BCUT2D eigenvalue weighted by atomic mass is 16.3. The van der Waals surface area contributed by atoms with Crippen LogP contribution in [0.3, 0.4) is 0 Å². The number of furan rings is 1. The maximum atomic E-state index is 12.8. The van der Waals surface area contributed by atoms with Crippen molar-refractivity contribution in [3.8, 4) is 11.5 Å². The first-order chi connectivity index (χ1) is 13.5. The molecule has 1 amide bonds. The lowest BCUT2D eigenvalue weighted by molar-refractivity contribution is 0.0956. The van der Waals surface area contributed by atoms with E-state index in [1.54, 1.807) is 29.3 Å². The Balaban J connectivity index is 1.68. The predicted octanol–water partition coefficient (Wildman–Crippen LogP) is 3.61. The van der Waals surface area contributed by atoms with Gasteiger partial charge in [0.05, 0.1) is 29.3 Å². The summed E-state index contributed by atoms with van der Waals surface area (Å²) in [6, 6.07) is 12.8. The Hall–Kier alpha value is -3.74. The largest absolute Gasteiger partial charge is 0.463 e. The van der Waals surface area contributed by atoms with E-state index in [0.717, 1.165) is 22.3 Å². The molecule has 0 spiro atoms. The second kappa shape index (κ2) is 7.11. The summed E-state index contributed by atoms with van der Waals surface area (Å²) in [6.45, 7) is 3.86. The Kier molecular flexibility index (Phi) is 4.49. The smallest absolute Gasteiger partial charge is 0.272 e. The summed E-state index contributed by atoms with van der Waals surface area (Å²) < 4.78 is 7.22. The number of hydrazone groups is 1. The van der Waals surface area contributed by atoms with Crippen LogP contribution in [0.5, 0.6) is 0 Å². The molecule has 4 aromatic rings. The van der Waals surface area contributed by atoms with Crippen molar-refractivity contribution in [2.75, 3.05) is 0 Å². The van der Waals surface area contributed by atoms with E-state index in [9.17, 15) is 4.79 Å². The van der Waals surface area contributed by atoms with E-state index in [4.69, 9.17) is 4.42 Å². The second-order valence-corrected chi connectivity index (χ2v) is 6.46. The van der Waals surface area contributed by atoms with Gasteiger partial charge in [-0.15, -0.1) is 0 Å². The van der Waals surface area contributed by atoms with Crippen LogP contribution in [0.1, 0.15) is 27.3 Å². The van der Waals surface area contributed by atoms with Gasteiger partial charge in [0, 0.05) is 23.7 Å². The van der Waals surface area contributed by atoms with Crippen molar-refractivity contribution >= 4 is 23.0 Å². The van der Waals surface area contributed by atoms with Gasteiger partial charge in [0.15, 0.2) is 5.76 Å². The molecule has 7 heteroatoms. The standard InChI is InChI=1S/C21H19N5O2/c1-13-17(14(2)26(3)25-13)12-22-24-21(27)16-11-19(20-9-6-10-28-20)23-18-8-5-4-7-15(16)18/h4-12H,1-3H3,(H,24,27)/b22-12-. The van der Waals surface area contributed by atoms with Crippen LogP contribution in [0.15, 0.2) is 58.2 Å². The number of amides is 1. The Bertz CT molecular complexity index is 1190. The van der Waals surface area contributed by atoms with Crippen LogP contribution >= 0.6 is 0 Å². The van der Waals surface area contributed by atoms with E-state index in [1.165, 1.54) is 0 Å². The number of pyridine rings is 1. The lowest BCUT2D eigenvalue weighted by Crippen LogP contribution is -2.18. The van der Waals surface area contributed by atoms with Gasteiger partial charge in [-0.3, -0.25) is 9.48 Å². The topological polar surface area (TPSA) is 85.3 Å². The Labute approximate surface area is 161 Å². The molecule has 3 aromatic heterocycles. The molecule has 0 radical (unpaired) electrons. The monoisotopic (exact) mass is 373 g/mol. The maximum absolute atomic E-state index is 12.8. The average Bonchev–Trinajstić information content (AvgIpc) is 3.31. The van der Waals surface area contributed by atoms with Gasteiger partial charge in [0.1, 0.15) is 5.69 Å². The van der Waals surface area contributed by atoms with Crippen molar-refractivity contribution in [1.82, 2.24) is 20.2 Å². The Morgan fingerprint density at radius 3 is 2.75 bits per heavy atom. The van der Waals surface area contributed by atoms with Crippen LogP contribution in [0, 0.1) is 13.8 Å². The molecule has 0 aliphatic heterocycles. The second-order valence-electron chi connectivity index (χ2n) is 6.46. The quantitative estimate of drug-likeness (QED) is 0.437. The van der Waals surface area contributed by atoms with E-state index in [1.807, 2.05) is 51.2 Å². The number of hydrogen-bond donors (Lipinski definition) is 1. The molecule has 1 N–H and O–H groups in total. The molecule has 0 bridgehead atoms. The lowest BCUT2D eigenvalue weighted by atomic mass is 10.1. The third kappa shape index (κ3) is 3.18. The number of nitrogens with one attached hydrogen (secondary N) is 1. The molecular weight excluding hydrogens is 354 g/mol. The average molecular weight is 373 g/mol. The van der Waals surface area contributed by atoms with Crippen molar-refractivity contribution in [2.24, 2.45) is 12.1 Å². The van der Waals surface area contributed by atoms with Gasteiger partial charge in [0.2, 0.25) is 0 Å². The van der Waals surface area contributed by atoms with E-state index in [2.05, 4.69) is 20.6 Å². The number of fused-ring (bicyclic) bond motifs is 1. The third-order valence-corrected chi connectivity index (χ3v) is 4.66. The molecule has 3 heterocycles. The van der Waals surface area contributed by atoms with E-state index >= 15 is 0 Å². The molecule has 0 saturated carbocycles. The third-order valence-electron chi connectivity index (χ3n) is 4.66. The number of carbonyl (C=O) groups excluding carboxylic acids is 1. The number of hydrogen-bond acceptors (Lipinski definition) is 5. The number of aromatic nitrogens is 3. The Morgan fingerprint density at radius 1 is 1.21 bits per heavy atom. The fraction of sp³-hybridized carbons (Fsp3) is 0.143. The van der Waals surface area contributed by atoms with Crippen molar-refractivity contribution in [1.29, 1.82) is 0 Å². The van der Waals surface area contributed by atoms with Gasteiger partial charge >= 0.3 is 0 Å². The van der Waals surface area contributed by atoms with Crippen LogP contribution in [-0.4, -0.2) is 26.9 Å². The first-order valence-corrected chi connectivity index (χ1v) is 8.82. The molecule has 0 aliphatic carbocycles. The molecule has 1 aromatic carbocycles. The van der Waals surface area contributed by atoms with Gasteiger partial charge in [-0.25, -0.2) is 10.4 Å². The number of nitrogens with zero attached hydrogens (tertiary/aromatic N) is 4. The molecule has 0 aliphatic rings. The number of rotatable bonds is 4. The molecule has 28 heavy (non-hydrogen) atoms. The summed E-state index contributed by atoms with van der Waals surface area (Å²) in [4.78, 5) is 17.4. The van der Waals surface area contributed by atoms with Crippen LogP contribution in [0.2, 0.25) is 0 Å². The van der Waals surface area contributed by atoms with Gasteiger partial charge in [-0.05, 0) is 38.1 Å². The summed E-state index contributed by atoms with van der Waals surface area (Å²) in [6.07, 6.45) is 3.20. The SMILES string of the molecule is Cc1nn(C)c(C)c1/C=N\NC(=O)c1cc(-c2ccco2)nc2ccccc12. The summed E-state index contributed by atoms with van der Waals surface area (Å²) in [5, 5.41) is 9.22. The highest BCUT2D eigenvalue weighted by molar-refractivity contribution is 6.07. The predicted molar refractivity (Wildman–Crippen MR) is 107 cm³/mol. The summed E-state index contributed by atoms with van der Waals surface area (Å²) in [7, 11) is 1.87. The molecule has 7 nitrogen and oxygen atoms in total. The fourth-order valence-electron chi connectivity index (χ4n) is 3.11. The maximum Gasteiger partial charge on any atom is 0.272 e. The molecule has 0 fully saturated rings. The first kappa shape index (κ1) is 17.7. The van der Waals surface area contributed by atoms with Gasteiger partial charge in [0.25, 0.3) is 5.91 Å². The summed E-state index contributed by atoms with van der Waals surface area (Å²) >= 11 is 0. The number of benzene rings is 1. The van der Waals surface area contributed by atoms with Crippen LogP contribution in [0.4, 0.5) is 0 Å². The molecule has 140 valence electrons. The van der Waals surface area contributed by atoms with Crippen LogP contribution in [0.25, 0.3) is 22.4 Å². The van der Waals surface area contributed by atoms with E-state index in [0.29, 0.717) is 22.5 Å². The minimum atomic E-state index is -0.318. The minimum absolute atomic E-state index is 0.318. The molecular formula is C21H19N5O2. The molecule has 0 unspecified atom stereocenters. The van der Waals surface area contributed by atoms with Gasteiger partial charge < -0.3 is 4.42 Å². The van der Waals surface area contributed by atoms with Crippen LogP contribution < -0.4 is 5.43 Å². The van der Waals surface area contributed by atoms with Gasteiger partial charge in [-0.2, -0.15) is 10.2 Å². The van der Waals surface area contributed by atoms with Crippen molar-refractivity contribution < 1.29 is 9.21 Å². The zero-order chi connectivity index (χ0) is 19.7. The fourth-order valence-corrected chi connectivity index (χ4v) is 3.11. The molecule has 0 atom stereocenters. The molecule has 4 rings (SSSR count). The minimum Gasteiger partial charge on any atom is -0.463 e.